The van der Waals surface area contributed by atoms with E-state index < -0.39 is 11.6 Å². The molecule has 4 rings (SSSR count). The van der Waals surface area contributed by atoms with Gasteiger partial charge in [0.2, 0.25) is 11.8 Å². The number of rotatable bonds is 4. The van der Waals surface area contributed by atoms with Crippen molar-refractivity contribution in [2.24, 2.45) is 13.0 Å². The van der Waals surface area contributed by atoms with Crippen molar-refractivity contribution in [2.75, 3.05) is 39.8 Å². The smallest absolute Gasteiger partial charge is 0.272 e. The van der Waals surface area contributed by atoms with E-state index in [1.54, 1.807) is 21.5 Å². The van der Waals surface area contributed by atoms with Crippen LogP contribution in [0.1, 0.15) is 60.4 Å². The van der Waals surface area contributed by atoms with Crippen molar-refractivity contribution in [2.45, 2.75) is 58.5 Å². The predicted molar refractivity (Wildman–Crippen MR) is 146 cm³/mol. The molecule has 2 aromatic rings. The van der Waals surface area contributed by atoms with E-state index in [1.807, 2.05) is 25.8 Å². The second-order valence-corrected chi connectivity index (χ2v) is 11.3. The number of hydrogen-bond donors (Lipinski definition) is 1. The van der Waals surface area contributed by atoms with Crippen molar-refractivity contribution in [3.8, 4) is 0 Å². The molecule has 1 aromatic heterocycles. The van der Waals surface area contributed by atoms with Gasteiger partial charge in [-0.15, -0.1) is 0 Å². The van der Waals surface area contributed by atoms with Crippen LogP contribution in [0.2, 0.25) is 0 Å². The summed E-state index contributed by atoms with van der Waals surface area (Å²) in [5.41, 5.74) is 2.39. The number of benzene rings is 1. The van der Waals surface area contributed by atoms with E-state index in [0.717, 1.165) is 23.7 Å². The minimum atomic E-state index is -0.913. The molecule has 2 heterocycles. The van der Waals surface area contributed by atoms with Gasteiger partial charge in [0.1, 0.15) is 0 Å². The predicted octanol–water partition coefficient (Wildman–Crippen LogP) is 2.52. The summed E-state index contributed by atoms with van der Waals surface area (Å²) in [5, 5.41) is 7.43. The third kappa shape index (κ3) is 6.86. The monoisotopic (exact) mass is 558 g/mol. The number of aryl methyl sites for hydroxylation is 1. The molecule has 0 saturated heterocycles. The molecule has 1 N–H and O–H groups in total. The molecule has 9 nitrogen and oxygen atoms in total. The number of fused-ring (bicyclic) bond motifs is 1. The molecule has 40 heavy (non-hydrogen) atoms. The van der Waals surface area contributed by atoms with E-state index in [-0.39, 0.29) is 61.3 Å². The average molecular weight is 559 g/mol. The fourth-order valence-corrected chi connectivity index (χ4v) is 5.66. The Kier molecular flexibility index (Phi) is 9.55. The molecule has 3 amide bonds. The Hall–Kier alpha value is -3.34. The van der Waals surface area contributed by atoms with Crippen LogP contribution in [0, 0.1) is 17.6 Å². The molecule has 1 aliphatic carbocycles. The van der Waals surface area contributed by atoms with Gasteiger partial charge in [-0.1, -0.05) is 26.0 Å². The Morgan fingerprint density at radius 2 is 1.85 bits per heavy atom. The van der Waals surface area contributed by atoms with Gasteiger partial charge in [-0.2, -0.15) is 5.10 Å². The summed E-state index contributed by atoms with van der Waals surface area (Å²) in [6.07, 6.45) is 2.65. The number of likely N-dealkylation sites (N-methyl/N-ethyl adjacent to an activating group) is 1. The van der Waals surface area contributed by atoms with Gasteiger partial charge in [-0.3, -0.25) is 24.0 Å². The van der Waals surface area contributed by atoms with Gasteiger partial charge in [0, 0.05) is 69.6 Å². The summed E-state index contributed by atoms with van der Waals surface area (Å²) >= 11 is 0. The molecule has 218 valence electrons. The topological polar surface area (TPSA) is 90.8 Å². The highest BCUT2D eigenvalue weighted by Crippen LogP contribution is 2.27. The SMILES string of the molecule is CC(C)CN1CC(=O)N(C)C2CCc3c(c(nn3C)C(=O)NCCN(Cc3cccc(F)c3F)CCCC1=O)C2. The van der Waals surface area contributed by atoms with Crippen molar-refractivity contribution in [3.63, 3.8) is 0 Å². The van der Waals surface area contributed by atoms with E-state index in [2.05, 4.69) is 10.4 Å². The standard InChI is InChI=1S/C29H40F2N6O3/c1-19(2)16-37-18-26(39)34(3)21-10-11-24-22(15-21)28(33-35(24)4)29(40)32-12-14-36(13-6-9-25(37)38)17-20-7-5-8-23(30)27(20)31/h5,7-8,19,21H,6,9-18H2,1-4H3,(H,32,40). The van der Waals surface area contributed by atoms with Crippen molar-refractivity contribution >= 4 is 17.7 Å². The minimum Gasteiger partial charge on any atom is -0.349 e. The third-order valence-corrected chi connectivity index (χ3v) is 7.85. The number of carbonyl (C=O) groups excluding carboxylic acids is 3. The zero-order chi connectivity index (χ0) is 29.0. The van der Waals surface area contributed by atoms with Gasteiger partial charge in [0.15, 0.2) is 17.3 Å². The number of amides is 3. The second-order valence-electron chi connectivity index (χ2n) is 11.3. The van der Waals surface area contributed by atoms with E-state index in [0.29, 0.717) is 44.6 Å². The summed E-state index contributed by atoms with van der Waals surface area (Å²) in [7, 11) is 3.59. The van der Waals surface area contributed by atoms with Crippen LogP contribution in [-0.4, -0.2) is 88.0 Å². The molecule has 0 fully saturated rings. The molecule has 11 heteroatoms. The zero-order valence-electron chi connectivity index (χ0n) is 23.9. The summed E-state index contributed by atoms with van der Waals surface area (Å²) in [4.78, 5) is 45.0. The second kappa shape index (κ2) is 12.9. The van der Waals surface area contributed by atoms with E-state index in [9.17, 15) is 23.2 Å². The highest BCUT2D eigenvalue weighted by Gasteiger charge is 2.32. The molecule has 0 spiro atoms. The van der Waals surface area contributed by atoms with Gasteiger partial charge in [0.25, 0.3) is 5.91 Å². The Bertz CT molecular complexity index is 1250. The minimum absolute atomic E-state index is 0.00449. The Labute approximate surface area is 234 Å². The van der Waals surface area contributed by atoms with E-state index >= 15 is 0 Å². The summed E-state index contributed by atoms with van der Waals surface area (Å²) in [5.74, 6) is -2.16. The molecule has 0 saturated carbocycles. The Balaban J connectivity index is 1.60. The molecule has 2 aliphatic rings. The first-order chi connectivity index (χ1) is 19.0. The number of nitrogens with one attached hydrogen (secondary N) is 1. The quantitative estimate of drug-likeness (QED) is 0.623. The molecule has 1 atom stereocenters. The van der Waals surface area contributed by atoms with Crippen LogP contribution in [0.4, 0.5) is 8.78 Å². The first-order valence-corrected chi connectivity index (χ1v) is 14.1. The maximum absolute atomic E-state index is 14.5. The van der Waals surface area contributed by atoms with Crippen LogP contribution in [-0.2, 0) is 36.0 Å². The van der Waals surface area contributed by atoms with Crippen LogP contribution >= 0.6 is 0 Å². The number of aromatic nitrogens is 2. The lowest BCUT2D eigenvalue weighted by atomic mass is 9.90. The maximum atomic E-state index is 14.5. The van der Waals surface area contributed by atoms with Crippen molar-refractivity contribution < 1.29 is 23.2 Å². The fourth-order valence-electron chi connectivity index (χ4n) is 5.66. The molecule has 1 unspecified atom stereocenters. The molecular formula is C29H40F2N6O3. The lowest BCUT2D eigenvalue weighted by molar-refractivity contribution is -0.141. The van der Waals surface area contributed by atoms with Crippen LogP contribution in [0.3, 0.4) is 0 Å². The zero-order valence-corrected chi connectivity index (χ0v) is 23.9. The molecule has 1 aliphatic heterocycles. The van der Waals surface area contributed by atoms with Gasteiger partial charge >= 0.3 is 0 Å². The van der Waals surface area contributed by atoms with Gasteiger partial charge in [0.05, 0.1) is 6.54 Å². The summed E-state index contributed by atoms with van der Waals surface area (Å²) in [6, 6.07) is 3.98. The fraction of sp³-hybridized carbons (Fsp3) is 0.586. The van der Waals surface area contributed by atoms with Crippen molar-refractivity contribution in [1.82, 2.24) is 29.8 Å². The number of nitrogens with zero attached hydrogens (tertiary/aromatic N) is 5. The van der Waals surface area contributed by atoms with Crippen LogP contribution in [0.25, 0.3) is 0 Å². The average Bonchev–Trinajstić information content (AvgIpc) is 3.25. The summed E-state index contributed by atoms with van der Waals surface area (Å²) in [6.45, 7) is 5.70. The Morgan fingerprint density at radius 1 is 1.07 bits per heavy atom. The van der Waals surface area contributed by atoms with Gasteiger partial charge < -0.3 is 15.1 Å². The highest BCUT2D eigenvalue weighted by molar-refractivity contribution is 5.94. The van der Waals surface area contributed by atoms with Crippen LogP contribution in [0.15, 0.2) is 18.2 Å². The van der Waals surface area contributed by atoms with Crippen molar-refractivity contribution in [3.05, 3.63) is 52.3 Å². The number of hydrogen-bond acceptors (Lipinski definition) is 5. The lowest BCUT2D eigenvalue weighted by Gasteiger charge is -2.34. The maximum Gasteiger partial charge on any atom is 0.272 e. The molecule has 1 aromatic carbocycles. The lowest BCUT2D eigenvalue weighted by Crippen LogP contribution is -2.47. The van der Waals surface area contributed by atoms with Gasteiger partial charge in [-0.05, 0) is 44.2 Å². The number of carbonyl (C=O) groups is 3. The van der Waals surface area contributed by atoms with Crippen molar-refractivity contribution in [1.29, 1.82) is 0 Å². The first kappa shape index (κ1) is 29.6. The van der Waals surface area contributed by atoms with Crippen LogP contribution in [0.5, 0.6) is 0 Å². The first-order valence-electron chi connectivity index (χ1n) is 14.1. The number of halogens is 2. The summed E-state index contributed by atoms with van der Waals surface area (Å²) < 4.78 is 30.1. The Morgan fingerprint density at radius 3 is 2.60 bits per heavy atom. The molecule has 2 bridgehead atoms. The highest BCUT2D eigenvalue weighted by atomic mass is 19.2. The van der Waals surface area contributed by atoms with E-state index in [1.165, 1.54) is 12.1 Å². The van der Waals surface area contributed by atoms with E-state index in [4.69, 9.17) is 0 Å². The molecule has 0 radical (unpaired) electrons. The molecular weight excluding hydrogens is 518 g/mol. The normalized spacial score (nSPS) is 20.2. The third-order valence-electron chi connectivity index (χ3n) is 7.85. The van der Waals surface area contributed by atoms with Gasteiger partial charge in [-0.25, -0.2) is 8.78 Å². The van der Waals surface area contributed by atoms with Crippen LogP contribution < -0.4 is 5.32 Å². The largest absolute Gasteiger partial charge is 0.349 e.